The van der Waals surface area contributed by atoms with Crippen LogP contribution >= 0.6 is 11.3 Å². The molecule has 2 aromatic rings. The van der Waals surface area contributed by atoms with Crippen molar-refractivity contribution in [2.45, 2.75) is 25.1 Å². The Bertz CT molecular complexity index is 904. The molecule has 2 aliphatic rings. The molecule has 0 spiro atoms. The molecular formula is C21H23F3N4O2S. The first kappa shape index (κ1) is 21.8. The van der Waals surface area contributed by atoms with Crippen LogP contribution in [0.2, 0.25) is 0 Å². The van der Waals surface area contributed by atoms with Crippen molar-refractivity contribution >= 4 is 23.2 Å². The molecule has 6 nitrogen and oxygen atoms in total. The van der Waals surface area contributed by atoms with Gasteiger partial charge in [0.25, 0.3) is 5.91 Å². The second kappa shape index (κ2) is 8.96. The number of carbonyl (C=O) groups excluding carboxylic acids is 2. The fraction of sp³-hybridized carbons (Fsp3) is 0.476. The molecule has 10 heteroatoms. The summed E-state index contributed by atoms with van der Waals surface area (Å²) in [6, 6.07) is 5.27. The van der Waals surface area contributed by atoms with Gasteiger partial charge in [0.05, 0.1) is 5.56 Å². The molecular weight excluding hydrogens is 429 g/mol. The van der Waals surface area contributed by atoms with Crippen LogP contribution in [0.15, 0.2) is 35.8 Å². The zero-order chi connectivity index (χ0) is 22.0. The predicted octanol–water partition coefficient (Wildman–Crippen LogP) is 2.76. The molecule has 0 bridgehead atoms. The highest BCUT2D eigenvalue weighted by atomic mass is 32.1. The summed E-state index contributed by atoms with van der Waals surface area (Å²) >= 11 is 1.35. The topological polar surface area (TPSA) is 56.8 Å². The summed E-state index contributed by atoms with van der Waals surface area (Å²) in [6.45, 7) is 4.16. The van der Waals surface area contributed by atoms with E-state index < -0.39 is 11.7 Å². The number of amides is 2. The van der Waals surface area contributed by atoms with Gasteiger partial charge < -0.3 is 9.80 Å². The Morgan fingerprint density at radius 2 is 1.71 bits per heavy atom. The largest absolute Gasteiger partial charge is 0.416 e. The summed E-state index contributed by atoms with van der Waals surface area (Å²) in [7, 11) is 0. The molecule has 2 saturated heterocycles. The summed E-state index contributed by atoms with van der Waals surface area (Å²) < 4.78 is 37.9. The third-order valence-electron chi connectivity index (χ3n) is 5.86. The van der Waals surface area contributed by atoms with Crippen molar-refractivity contribution in [3.63, 3.8) is 0 Å². The molecule has 0 unspecified atom stereocenters. The van der Waals surface area contributed by atoms with Gasteiger partial charge in [-0.15, -0.1) is 11.3 Å². The summed E-state index contributed by atoms with van der Waals surface area (Å²) in [5.74, 6) is -0.00272. The Morgan fingerprint density at radius 3 is 2.29 bits per heavy atom. The van der Waals surface area contributed by atoms with Crippen LogP contribution in [0, 0.1) is 0 Å². The van der Waals surface area contributed by atoms with E-state index in [1.54, 1.807) is 16.5 Å². The number of aromatic nitrogens is 1. The SMILES string of the molecule is O=C(CCc1ccc(C(F)(F)F)cc1)N1CC(N2CCN(C(=O)c3nccs3)CC2)C1. The number of hydrogen-bond acceptors (Lipinski definition) is 5. The highest BCUT2D eigenvalue weighted by Crippen LogP contribution is 2.29. The Kier molecular flexibility index (Phi) is 6.29. The van der Waals surface area contributed by atoms with Gasteiger partial charge >= 0.3 is 6.18 Å². The molecule has 166 valence electrons. The van der Waals surface area contributed by atoms with E-state index in [9.17, 15) is 22.8 Å². The summed E-state index contributed by atoms with van der Waals surface area (Å²) in [6.07, 6.45) is -2.00. The minimum atomic E-state index is -4.35. The van der Waals surface area contributed by atoms with Gasteiger partial charge in [0.2, 0.25) is 5.91 Å². The molecule has 2 fully saturated rings. The Labute approximate surface area is 182 Å². The average molecular weight is 453 g/mol. The van der Waals surface area contributed by atoms with E-state index in [2.05, 4.69) is 9.88 Å². The van der Waals surface area contributed by atoms with Crippen LogP contribution in [0.4, 0.5) is 13.2 Å². The molecule has 1 aromatic heterocycles. The Hall–Kier alpha value is -2.46. The van der Waals surface area contributed by atoms with Crippen LogP contribution in [-0.4, -0.2) is 76.8 Å². The van der Waals surface area contributed by atoms with Crippen LogP contribution < -0.4 is 0 Å². The van der Waals surface area contributed by atoms with Crippen LogP contribution in [-0.2, 0) is 17.4 Å². The van der Waals surface area contributed by atoms with Crippen LogP contribution in [0.5, 0.6) is 0 Å². The van der Waals surface area contributed by atoms with E-state index in [1.807, 2.05) is 4.90 Å². The predicted molar refractivity (Wildman–Crippen MR) is 110 cm³/mol. The quantitative estimate of drug-likeness (QED) is 0.700. The van der Waals surface area contributed by atoms with Crippen LogP contribution in [0.25, 0.3) is 0 Å². The minimum absolute atomic E-state index is 0.0220. The lowest BCUT2D eigenvalue weighted by molar-refractivity contribution is -0.139. The zero-order valence-corrected chi connectivity index (χ0v) is 17.7. The van der Waals surface area contributed by atoms with E-state index in [0.717, 1.165) is 30.8 Å². The second-order valence-electron chi connectivity index (χ2n) is 7.81. The van der Waals surface area contributed by atoms with Gasteiger partial charge in [-0.3, -0.25) is 14.5 Å². The number of carbonyl (C=O) groups is 2. The van der Waals surface area contributed by atoms with Crippen LogP contribution in [0.1, 0.15) is 27.3 Å². The highest BCUT2D eigenvalue weighted by molar-refractivity contribution is 7.11. The molecule has 0 N–H and O–H groups in total. The monoisotopic (exact) mass is 452 g/mol. The van der Waals surface area contributed by atoms with Gasteiger partial charge in [0.15, 0.2) is 5.01 Å². The molecule has 1 aromatic carbocycles. The average Bonchev–Trinajstić information content (AvgIpc) is 3.26. The number of aryl methyl sites for hydroxylation is 1. The van der Waals surface area contributed by atoms with Crippen LogP contribution in [0.3, 0.4) is 0 Å². The highest BCUT2D eigenvalue weighted by Gasteiger charge is 2.36. The number of halogens is 3. The van der Waals surface area contributed by atoms with Crippen molar-refractivity contribution < 1.29 is 22.8 Å². The molecule has 0 saturated carbocycles. The standard InChI is InChI=1S/C21H23F3N4O2S/c22-21(23,24)16-4-1-15(2-5-16)3-6-18(29)28-13-17(14-28)26-8-10-27(11-9-26)20(30)19-25-7-12-31-19/h1-2,4-5,7,12,17H,3,6,8-11,13-14H2. The van der Waals surface area contributed by atoms with Gasteiger partial charge in [0.1, 0.15) is 0 Å². The van der Waals surface area contributed by atoms with Crippen molar-refractivity contribution in [1.82, 2.24) is 19.7 Å². The first-order valence-electron chi connectivity index (χ1n) is 10.2. The fourth-order valence-electron chi connectivity index (χ4n) is 3.91. The maximum absolute atomic E-state index is 12.6. The second-order valence-corrected chi connectivity index (χ2v) is 8.71. The minimum Gasteiger partial charge on any atom is -0.339 e. The third kappa shape index (κ3) is 5.07. The number of rotatable bonds is 5. The fourth-order valence-corrected chi connectivity index (χ4v) is 4.52. The normalized spacial score (nSPS) is 18.2. The zero-order valence-electron chi connectivity index (χ0n) is 16.8. The van der Waals surface area contributed by atoms with Gasteiger partial charge in [0, 0.05) is 63.3 Å². The molecule has 0 aliphatic carbocycles. The van der Waals surface area contributed by atoms with E-state index in [-0.39, 0.29) is 18.2 Å². The van der Waals surface area contributed by atoms with Gasteiger partial charge in [-0.05, 0) is 24.1 Å². The number of hydrogen-bond donors (Lipinski definition) is 0. The lowest BCUT2D eigenvalue weighted by Crippen LogP contribution is -2.64. The number of likely N-dealkylation sites (tertiary alicyclic amines) is 1. The maximum Gasteiger partial charge on any atom is 0.416 e. The Morgan fingerprint density at radius 1 is 1.03 bits per heavy atom. The third-order valence-corrected chi connectivity index (χ3v) is 6.62. The number of alkyl halides is 3. The molecule has 4 rings (SSSR count). The first-order valence-corrected chi connectivity index (χ1v) is 11.1. The molecule has 2 amide bonds. The lowest BCUT2D eigenvalue weighted by atomic mass is 10.0. The van der Waals surface area contributed by atoms with E-state index in [0.29, 0.717) is 43.6 Å². The van der Waals surface area contributed by atoms with Crippen molar-refractivity contribution in [2.24, 2.45) is 0 Å². The van der Waals surface area contributed by atoms with E-state index in [1.165, 1.54) is 23.5 Å². The van der Waals surface area contributed by atoms with Crippen molar-refractivity contribution in [3.05, 3.63) is 52.0 Å². The van der Waals surface area contributed by atoms with E-state index in [4.69, 9.17) is 0 Å². The van der Waals surface area contributed by atoms with Crippen molar-refractivity contribution in [3.8, 4) is 0 Å². The summed E-state index contributed by atoms with van der Waals surface area (Å²) in [5.41, 5.74) is 0.0426. The molecule has 2 aliphatic heterocycles. The molecule has 3 heterocycles. The van der Waals surface area contributed by atoms with Gasteiger partial charge in [-0.25, -0.2) is 4.98 Å². The summed E-state index contributed by atoms with van der Waals surface area (Å²) in [4.78, 5) is 34.8. The maximum atomic E-state index is 12.6. The molecule has 0 atom stereocenters. The van der Waals surface area contributed by atoms with Crippen molar-refractivity contribution in [2.75, 3.05) is 39.3 Å². The van der Waals surface area contributed by atoms with Gasteiger partial charge in [-0.1, -0.05) is 12.1 Å². The number of benzene rings is 1. The smallest absolute Gasteiger partial charge is 0.339 e. The first-order chi connectivity index (χ1) is 14.8. The van der Waals surface area contributed by atoms with E-state index >= 15 is 0 Å². The summed E-state index contributed by atoms with van der Waals surface area (Å²) in [5, 5.41) is 2.31. The lowest BCUT2D eigenvalue weighted by Gasteiger charge is -2.48. The number of piperazine rings is 1. The number of nitrogens with zero attached hydrogens (tertiary/aromatic N) is 4. The van der Waals surface area contributed by atoms with Crippen molar-refractivity contribution in [1.29, 1.82) is 0 Å². The number of thiazole rings is 1. The molecule has 0 radical (unpaired) electrons. The Balaban J connectivity index is 1.17. The van der Waals surface area contributed by atoms with Gasteiger partial charge in [-0.2, -0.15) is 13.2 Å². The molecule has 31 heavy (non-hydrogen) atoms.